The minimum atomic E-state index is -0.0917. The maximum atomic E-state index is 12.7. The third-order valence-corrected chi connectivity index (χ3v) is 16.3. The van der Waals surface area contributed by atoms with E-state index < -0.39 is 0 Å². The topological polar surface area (TPSA) is 136 Å². The summed E-state index contributed by atoms with van der Waals surface area (Å²) in [7, 11) is 2.10. The average molecular weight is 984 g/mol. The largest absolute Gasteiger partial charge is 0.379 e. The number of amides is 4. The van der Waals surface area contributed by atoms with Crippen LogP contribution in [0.25, 0.3) is 10.8 Å². The molecule has 0 unspecified atom stereocenters. The van der Waals surface area contributed by atoms with Gasteiger partial charge in [0.15, 0.2) is 0 Å². The Balaban J connectivity index is 0.000000194. The number of carbonyl (C=O) groups excluding carboxylic acids is 4. The van der Waals surface area contributed by atoms with Crippen LogP contribution < -0.4 is 16.0 Å². The first-order valence-electron chi connectivity index (χ1n) is 27.2. The summed E-state index contributed by atoms with van der Waals surface area (Å²) >= 11 is 0. The zero-order chi connectivity index (χ0) is 50.0. The van der Waals surface area contributed by atoms with E-state index in [0.717, 1.165) is 166 Å². The summed E-state index contributed by atoms with van der Waals surface area (Å²) in [6.45, 7) is 11.1. The maximum Gasteiger partial charge on any atom is 0.223 e. The van der Waals surface area contributed by atoms with Gasteiger partial charge >= 0.3 is 0 Å². The van der Waals surface area contributed by atoms with Gasteiger partial charge < -0.3 is 35.2 Å². The molecule has 0 aromatic heterocycles. The fourth-order valence-corrected chi connectivity index (χ4v) is 12.1. The second kappa shape index (κ2) is 26.7. The minimum absolute atomic E-state index is 0.0206. The van der Waals surface area contributed by atoms with Gasteiger partial charge in [-0.3, -0.25) is 29.0 Å². The van der Waals surface area contributed by atoms with Crippen LogP contribution >= 0.6 is 0 Å². The second-order valence-corrected chi connectivity index (χ2v) is 21.1. The van der Waals surface area contributed by atoms with Gasteiger partial charge in [-0.1, -0.05) is 103 Å². The van der Waals surface area contributed by atoms with Gasteiger partial charge in [-0.2, -0.15) is 0 Å². The van der Waals surface area contributed by atoms with Crippen LogP contribution in [0.15, 0.2) is 103 Å². The fraction of sp³-hybridized carbons (Fsp3) is 0.559. The number of nitrogens with zero attached hydrogens (tertiary/aromatic N) is 4. The molecule has 13 nitrogen and oxygen atoms in total. The van der Waals surface area contributed by atoms with Crippen molar-refractivity contribution in [1.82, 2.24) is 35.6 Å². The summed E-state index contributed by atoms with van der Waals surface area (Å²) in [5.41, 5.74) is 4.10. The lowest BCUT2D eigenvalue weighted by molar-refractivity contribution is -0.133. The third kappa shape index (κ3) is 15.2. The lowest BCUT2D eigenvalue weighted by Gasteiger charge is -2.50. The zero-order valence-corrected chi connectivity index (χ0v) is 43.0. The quantitative estimate of drug-likeness (QED) is 0.110. The van der Waals surface area contributed by atoms with E-state index in [-0.39, 0.29) is 59.6 Å². The van der Waals surface area contributed by atoms with Gasteiger partial charge in [0.05, 0.1) is 26.4 Å². The number of carbonyl (C=O) groups is 4. The molecule has 4 aromatic rings. The average Bonchev–Trinajstić information content (AvgIpc) is 3.65. The molecular weight excluding hydrogens is 903 g/mol. The van der Waals surface area contributed by atoms with Crippen molar-refractivity contribution < 1.29 is 28.7 Å². The van der Waals surface area contributed by atoms with Crippen LogP contribution in [0, 0.1) is 0 Å². The number of benzene rings is 4. The van der Waals surface area contributed by atoms with Crippen molar-refractivity contribution in [3.8, 4) is 0 Å². The molecule has 13 heteroatoms. The number of fused-ring (bicyclic) bond motifs is 1. The highest BCUT2D eigenvalue weighted by molar-refractivity contribution is 5.87. The monoisotopic (exact) mass is 984 g/mol. The molecule has 0 atom stereocenters. The molecule has 0 bridgehead atoms. The molecule has 9 rings (SSSR count). The maximum absolute atomic E-state index is 12.7. The van der Waals surface area contributed by atoms with Crippen LogP contribution in [-0.2, 0) is 48.0 Å². The van der Waals surface area contributed by atoms with E-state index in [9.17, 15) is 19.2 Å². The first-order chi connectivity index (χ1) is 35.1. The standard InChI is InChI=1S/C32H39N3O3.C27H42N4O3/c36-30(33-24-27-11-6-10-26-9-4-5-12-29(26)27)13-14-31(37)34-28-15-17-32(18-16-28,35-19-21-38-22-20-35)23-25-7-2-1-3-8-25;1-29-14-5-15-30(17-16-29)26(33)9-8-25(32)28-24-10-12-27(13-11-24,31-18-20-34-21-19-31)22-23-6-3-2-4-7-23/h1-12,28H,13-24H2,(H,33,36)(H,34,37);2-4,6-7,24H,5,8-22H2,1H3,(H,28,32). The van der Waals surface area contributed by atoms with Crippen molar-refractivity contribution in [2.24, 2.45) is 0 Å². The Morgan fingerprint density at radius 3 is 1.57 bits per heavy atom. The van der Waals surface area contributed by atoms with Gasteiger partial charge in [-0.25, -0.2) is 0 Å². The highest BCUT2D eigenvalue weighted by Gasteiger charge is 2.42. The molecule has 5 fully saturated rings. The van der Waals surface area contributed by atoms with Crippen molar-refractivity contribution in [1.29, 1.82) is 0 Å². The molecule has 72 heavy (non-hydrogen) atoms. The molecule has 0 spiro atoms. The number of likely N-dealkylation sites (N-methyl/N-ethyl adjacent to an activating group) is 1. The third-order valence-electron chi connectivity index (χ3n) is 16.3. The van der Waals surface area contributed by atoms with E-state index in [1.54, 1.807) is 0 Å². The van der Waals surface area contributed by atoms with Crippen molar-refractivity contribution >= 4 is 34.4 Å². The Hall–Kier alpha value is -5.18. The molecule has 388 valence electrons. The van der Waals surface area contributed by atoms with E-state index in [1.807, 2.05) is 29.2 Å². The highest BCUT2D eigenvalue weighted by atomic mass is 16.5. The number of rotatable bonds is 16. The predicted molar refractivity (Wildman–Crippen MR) is 284 cm³/mol. The lowest BCUT2D eigenvalue weighted by Crippen LogP contribution is -2.58. The summed E-state index contributed by atoms with van der Waals surface area (Å²) < 4.78 is 11.3. The Kier molecular flexibility index (Phi) is 19.7. The summed E-state index contributed by atoms with van der Waals surface area (Å²) in [6, 6.07) is 36.2. The SMILES string of the molecule is CN1CCCN(C(=O)CCC(=O)NC2CCC(Cc3ccccc3)(N3CCOCC3)CC2)CC1.O=C(CCC(=O)NC1CCC(Cc2ccccc2)(N2CCOCC2)CC1)NCc1cccc2ccccc12. The van der Waals surface area contributed by atoms with Gasteiger partial charge in [0, 0.05) is 101 Å². The number of ether oxygens (including phenoxy) is 2. The zero-order valence-electron chi connectivity index (χ0n) is 43.0. The van der Waals surface area contributed by atoms with E-state index in [1.165, 1.54) is 11.1 Å². The predicted octanol–water partition coefficient (Wildman–Crippen LogP) is 6.91. The van der Waals surface area contributed by atoms with Crippen LogP contribution in [0.2, 0.25) is 0 Å². The first kappa shape index (κ1) is 53.1. The van der Waals surface area contributed by atoms with Crippen molar-refractivity contribution in [3.05, 3.63) is 120 Å². The molecule has 0 radical (unpaired) electrons. The van der Waals surface area contributed by atoms with E-state index >= 15 is 0 Å². The number of hydrogen-bond donors (Lipinski definition) is 3. The van der Waals surface area contributed by atoms with E-state index in [0.29, 0.717) is 19.4 Å². The molecule has 2 aliphatic carbocycles. The Bertz CT molecular complexity index is 2320. The summed E-state index contributed by atoms with van der Waals surface area (Å²) in [5.74, 6) is 0.0127. The van der Waals surface area contributed by atoms with Crippen LogP contribution in [0.4, 0.5) is 0 Å². The molecule has 3 aliphatic heterocycles. The minimum Gasteiger partial charge on any atom is -0.379 e. The van der Waals surface area contributed by atoms with Crippen LogP contribution in [0.5, 0.6) is 0 Å². The van der Waals surface area contributed by atoms with Crippen molar-refractivity contribution in [3.63, 3.8) is 0 Å². The van der Waals surface area contributed by atoms with E-state index in [4.69, 9.17) is 9.47 Å². The lowest BCUT2D eigenvalue weighted by atomic mass is 9.74. The Morgan fingerprint density at radius 2 is 1.01 bits per heavy atom. The summed E-state index contributed by atoms with van der Waals surface area (Å²) in [5, 5.41) is 11.7. The summed E-state index contributed by atoms with van der Waals surface area (Å²) in [4.78, 5) is 59.9. The molecule has 3 heterocycles. The molecule has 4 aromatic carbocycles. The van der Waals surface area contributed by atoms with Gasteiger partial charge in [-0.15, -0.1) is 0 Å². The second-order valence-electron chi connectivity index (χ2n) is 21.1. The van der Waals surface area contributed by atoms with Crippen molar-refractivity contribution in [2.75, 3.05) is 85.8 Å². The first-order valence-corrected chi connectivity index (χ1v) is 27.2. The molecule has 5 aliphatic rings. The van der Waals surface area contributed by atoms with Crippen LogP contribution in [0.3, 0.4) is 0 Å². The van der Waals surface area contributed by atoms with Gasteiger partial charge in [0.2, 0.25) is 23.6 Å². The highest BCUT2D eigenvalue weighted by Crippen LogP contribution is 2.39. The molecular formula is C59H81N7O6. The normalized spacial score (nSPS) is 24.5. The molecule has 4 amide bonds. The molecule has 2 saturated carbocycles. The Labute approximate surface area is 428 Å². The number of hydrogen-bond acceptors (Lipinski definition) is 9. The molecule has 3 saturated heterocycles. The molecule has 3 N–H and O–H groups in total. The fourth-order valence-electron chi connectivity index (χ4n) is 12.1. The number of nitrogens with one attached hydrogen (secondary N) is 3. The van der Waals surface area contributed by atoms with Gasteiger partial charge in [-0.05, 0) is 112 Å². The van der Waals surface area contributed by atoms with Crippen molar-refractivity contribution in [2.45, 2.75) is 126 Å². The van der Waals surface area contributed by atoms with Gasteiger partial charge in [0.1, 0.15) is 0 Å². The van der Waals surface area contributed by atoms with Crippen LogP contribution in [-0.4, -0.2) is 152 Å². The summed E-state index contributed by atoms with van der Waals surface area (Å²) in [6.07, 6.45) is 12.3. The Morgan fingerprint density at radius 1 is 0.528 bits per heavy atom. The smallest absolute Gasteiger partial charge is 0.223 e. The number of morpholine rings is 2. The van der Waals surface area contributed by atoms with Gasteiger partial charge in [0.25, 0.3) is 0 Å². The van der Waals surface area contributed by atoms with Crippen LogP contribution in [0.1, 0.15) is 100 Å². The van der Waals surface area contributed by atoms with E-state index in [2.05, 4.69) is 117 Å².